The molecule has 3 amide bonds. The summed E-state index contributed by atoms with van der Waals surface area (Å²) in [6.07, 6.45) is 1.50. The van der Waals surface area contributed by atoms with Crippen LogP contribution in [-0.4, -0.2) is 24.0 Å². The Morgan fingerprint density at radius 2 is 1.83 bits per heavy atom. The number of anilines is 1. The van der Waals surface area contributed by atoms with Crippen molar-refractivity contribution in [2.45, 2.75) is 6.54 Å². The highest BCUT2D eigenvalue weighted by Gasteiger charge is 2.08. The second kappa shape index (κ2) is 9.57. The monoisotopic (exact) mass is 410 g/mol. The van der Waals surface area contributed by atoms with E-state index in [1.54, 1.807) is 48.5 Å². The van der Waals surface area contributed by atoms with Crippen LogP contribution in [0.5, 0.6) is 11.5 Å². The van der Waals surface area contributed by atoms with Crippen LogP contribution < -0.4 is 20.7 Å². The standard InChI is InChI=1S/C21H19ClN4O3/c1-23-20(27)19-12-16(9-10-24-19)29-15-6-4-5-14(11-15)13-25-21(28)26-18-8-3-2-7-17(18)22/h2-12H,13H2,1H3,(H,23,27)(H2,25,26,28). The highest BCUT2D eigenvalue weighted by molar-refractivity contribution is 6.33. The molecule has 0 saturated carbocycles. The Labute approximate surface area is 173 Å². The number of pyridine rings is 1. The fraction of sp³-hybridized carbons (Fsp3) is 0.0952. The number of rotatable bonds is 6. The SMILES string of the molecule is CNC(=O)c1cc(Oc2cccc(CNC(=O)Nc3ccccc3Cl)c2)ccn1. The second-order valence-electron chi connectivity index (χ2n) is 5.99. The zero-order chi connectivity index (χ0) is 20.6. The normalized spacial score (nSPS) is 10.1. The molecule has 8 heteroatoms. The molecule has 1 aromatic heterocycles. The third-order valence-electron chi connectivity index (χ3n) is 3.90. The summed E-state index contributed by atoms with van der Waals surface area (Å²) in [4.78, 5) is 27.8. The predicted molar refractivity (Wildman–Crippen MR) is 111 cm³/mol. The highest BCUT2D eigenvalue weighted by Crippen LogP contribution is 2.23. The summed E-state index contributed by atoms with van der Waals surface area (Å²) in [5.74, 6) is 0.767. The molecule has 0 aliphatic carbocycles. The van der Waals surface area contributed by atoms with Crippen LogP contribution in [-0.2, 0) is 6.54 Å². The number of halogens is 1. The van der Waals surface area contributed by atoms with Crippen molar-refractivity contribution in [1.29, 1.82) is 0 Å². The minimum atomic E-state index is -0.367. The smallest absolute Gasteiger partial charge is 0.319 e. The van der Waals surface area contributed by atoms with Gasteiger partial charge < -0.3 is 20.7 Å². The van der Waals surface area contributed by atoms with Gasteiger partial charge in [-0.15, -0.1) is 0 Å². The van der Waals surface area contributed by atoms with Gasteiger partial charge in [0.1, 0.15) is 17.2 Å². The number of carbonyl (C=O) groups excluding carboxylic acids is 2. The zero-order valence-corrected chi connectivity index (χ0v) is 16.4. The molecule has 0 fully saturated rings. The number of amides is 3. The maximum atomic E-state index is 12.1. The minimum absolute atomic E-state index is 0.263. The van der Waals surface area contributed by atoms with Gasteiger partial charge in [0.15, 0.2) is 0 Å². The van der Waals surface area contributed by atoms with Crippen LogP contribution in [0.1, 0.15) is 16.1 Å². The Morgan fingerprint density at radius 1 is 1.03 bits per heavy atom. The Bertz CT molecular complexity index is 1030. The van der Waals surface area contributed by atoms with Gasteiger partial charge in [-0.1, -0.05) is 35.9 Å². The Hall–Kier alpha value is -3.58. The van der Waals surface area contributed by atoms with Gasteiger partial charge in [-0.2, -0.15) is 0 Å². The van der Waals surface area contributed by atoms with Gasteiger partial charge in [0.25, 0.3) is 5.91 Å². The van der Waals surface area contributed by atoms with E-state index in [0.29, 0.717) is 28.8 Å². The first-order valence-electron chi connectivity index (χ1n) is 8.79. The highest BCUT2D eigenvalue weighted by atomic mass is 35.5. The molecule has 0 radical (unpaired) electrons. The molecule has 148 valence electrons. The fourth-order valence-corrected chi connectivity index (χ4v) is 2.68. The Kier molecular flexibility index (Phi) is 6.65. The van der Waals surface area contributed by atoms with E-state index in [-0.39, 0.29) is 17.6 Å². The molecule has 3 N–H and O–H groups in total. The molecule has 0 aliphatic rings. The summed E-state index contributed by atoms with van der Waals surface area (Å²) in [5, 5.41) is 8.45. The predicted octanol–water partition coefficient (Wildman–Crippen LogP) is 4.21. The van der Waals surface area contributed by atoms with E-state index >= 15 is 0 Å². The van der Waals surface area contributed by atoms with Gasteiger partial charge >= 0.3 is 6.03 Å². The van der Waals surface area contributed by atoms with Crippen LogP contribution in [0.15, 0.2) is 66.9 Å². The van der Waals surface area contributed by atoms with Crippen molar-refractivity contribution in [3.63, 3.8) is 0 Å². The number of benzene rings is 2. The minimum Gasteiger partial charge on any atom is -0.457 e. The number of para-hydroxylation sites is 1. The first kappa shape index (κ1) is 20.2. The summed E-state index contributed by atoms with van der Waals surface area (Å²) < 4.78 is 5.81. The van der Waals surface area contributed by atoms with E-state index in [1.807, 2.05) is 12.1 Å². The average Bonchev–Trinajstić information content (AvgIpc) is 2.74. The summed E-state index contributed by atoms with van der Waals surface area (Å²) in [7, 11) is 1.54. The van der Waals surface area contributed by atoms with Crippen LogP contribution in [0, 0.1) is 0 Å². The third-order valence-corrected chi connectivity index (χ3v) is 4.23. The molecule has 0 bridgehead atoms. The lowest BCUT2D eigenvalue weighted by atomic mass is 10.2. The molecule has 0 spiro atoms. The lowest BCUT2D eigenvalue weighted by molar-refractivity contribution is 0.0958. The molecule has 0 aliphatic heterocycles. The Morgan fingerprint density at radius 3 is 2.62 bits per heavy atom. The van der Waals surface area contributed by atoms with E-state index in [2.05, 4.69) is 20.9 Å². The third kappa shape index (κ3) is 5.70. The quantitative estimate of drug-likeness (QED) is 0.567. The fourth-order valence-electron chi connectivity index (χ4n) is 2.49. The molecule has 3 aromatic rings. The summed E-state index contributed by atoms with van der Waals surface area (Å²) >= 11 is 6.03. The van der Waals surface area contributed by atoms with Crippen molar-refractivity contribution < 1.29 is 14.3 Å². The van der Waals surface area contributed by atoms with Crippen molar-refractivity contribution in [3.05, 3.63) is 83.1 Å². The van der Waals surface area contributed by atoms with Gasteiger partial charge in [0.05, 0.1) is 10.7 Å². The van der Waals surface area contributed by atoms with Gasteiger partial charge in [-0.3, -0.25) is 9.78 Å². The topological polar surface area (TPSA) is 92.4 Å². The van der Waals surface area contributed by atoms with Crippen molar-refractivity contribution in [3.8, 4) is 11.5 Å². The molecular weight excluding hydrogens is 392 g/mol. The number of aromatic nitrogens is 1. The number of nitrogens with one attached hydrogen (secondary N) is 3. The number of ether oxygens (including phenoxy) is 1. The van der Waals surface area contributed by atoms with E-state index in [0.717, 1.165) is 5.56 Å². The first-order valence-corrected chi connectivity index (χ1v) is 9.17. The average molecular weight is 411 g/mol. The van der Waals surface area contributed by atoms with Crippen LogP contribution in [0.3, 0.4) is 0 Å². The lowest BCUT2D eigenvalue weighted by Gasteiger charge is -2.11. The molecule has 3 rings (SSSR count). The largest absolute Gasteiger partial charge is 0.457 e. The Balaban J connectivity index is 1.60. The van der Waals surface area contributed by atoms with Gasteiger partial charge in [-0.05, 0) is 35.9 Å². The van der Waals surface area contributed by atoms with Crippen molar-refractivity contribution in [2.24, 2.45) is 0 Å². The maximum Gasteiger partial charge on any atom is 0.319 e. The number of urea groups is 1. The molecule has 2 aromatic carbocycles. The van der Waals surface area contributed by atoms with Crippen molar-refractivity contribution >= 4 is 29.2 Å². The van der Waals surface area contributed by atoms with Crippen LogP contribution >= 0.6 is 11.6 Å². The number of carbonyl (C=O) groups is 2. The summed E-state index contributed by atoms with van der Waals surface area (Å²) in [6, 6.07) is 17.1. The number of nitrogens with zero attached hydrogens (tertiary/aromatic N) is 1. The molecular formula is C21H19ClN4O3. The maximum absolute atomic E-state index is 12.1. The van der Waals surface area contributed by atoms with E-state index in [4.69, 9.17) is 16.3 Å². The number of hydrogen-bond acceptors (Lipinski definition) is 4. The van der Waals surface area contributed by atoms with Gasteiger partial charge in [0.2, 0.25) is 0 Å². The van der Waals surface area contributed by atoms with Crippen LogP contribution in [0.25, 0.3) is 0 Å². The van der Waals surface area contributed by atoms with Crippen molar-refractivity contribution in [2.75, 3.05) is 12.4 Å². The van der Waals surface area contributed by atoms with Crippen molar-refractivity contribution in [1.82, 2.24) is 15.6 Å². The summed E-state index contributed by atoms with van der Waals surface area (Å²) in [5.41, 5.74) is 1.64. The van der Waals surface area contributed by atoms with Crippen LogP contribution in [0.2, 0.25) is 5.02 Å². The summed E-state index contributed by atoms with van der Waals surface area (Å²) in [6.45, 7) is 0.299. The first-order chi connectivity index (χ1) is 14.0. The second-order valence-corrected chi connectivity index (χ2v) is 6.40. The number of hydrogen-bond donors (Lipinski definition) is 3. The van der Waals surface area contributed by atoms with Crippen LogP contribution in [0.4, 0.5) is 10.5 Å². The molecule has 0 unspecified atom stereocenters. The van der Waals surface area contributed by atoms with E-state index < -0.39 is 0 Å². The molecule has 1 heterocycles. The molecule has 29 heavy (non-hydrogen) atoms. The van der Waals surface area contributed by atoms with E-state index in [9.17, 15) is 9.59 Å². The molecule has 7 nitrogen and oxygen atoms in total. The molecule has 0 atom stereocenters. The van der Waals surface area contributed by atoms with Gasteiger partial charge in [-0.25, -0.2) is 4.79 Å². The van der Waals surface area contributed by atoms with E-state index in [1.165, 1.54) is 13.2 Å². The van der Waals surface area contributed by atoms with Gasteiger partial charge in [0, 0.05) is 25.9 Å². The lowest BCUT2D eigenvalue weighted by Crippen LogP contribution is -2.28. The zero-order valence-electron chi connectivity index (χ0n) is 15.6. The molecule has 0 saturated heterocycles.